The minimum absolute atomic E-state index is 0. The first kappa shape index (κ1) is 83.3. The molecule has 0 unspecified atom stereocenters. The van der Waals surface area contributed by atoms with Gasteiger partial charge in [-0.2, -0.15) is 63.2 Å². The van der Waals surface area contributed by atoms with Gasteiger partial charge in [-0.3, -0.25) is 0 Å². The fraction of sp³-hybridized carbons (Fsp3) is 0.359. The zero-order valence-electron chi connectivity index (χ0n) is 60.9. The predicted molar refractivity (Wildman–Crippen MR) is 430 cm³/mol. The van der Waals surface area contributed by atoms with Crippen LogP contribution in [-0.2, 0) is 51.2 Å². The summed E-state index contributed by atoms with van der Waals surface area (Å²) in [4.78, 5) is 56.5. The number of carbonyl (C=O) groups is 3. The van der Waals surface area contributed by atoms with Crippen molar-refractivity contribution in [2.24, 2.45) is 0 Å². The van der Waals surface area contributed by atoms with Crippen LogP contribution in [0.2, 0.25) is 15.1 Å². The molecule has 8 heterocycles. The summed E-state index contributed by atoms with van der Waals surface area (Å²) in [5, 5.41) is 23.5. The number of hydrogen-bond donors (Lipinski definition) is 2. The van der Waals surface area contributed by atoms with Crippen LogP contribution in [0.25, 0.3) is 66.5 Å². The number of rotatable bonds is 16. The quantitative estimate of drug-likeness (QED) is 0.0875. The van der Waals surface area contributed by atoms with E-state index in [2.05, 4.69) is 75.5 Å². The summed E-state index contributed by atoms with van der Waals surface area (Å²) in [5.41, 5.74) is 19.2. The normalized spacial score (nSPS) is 12.5. The molecule has 2 N–H and O–H groups in total. The molecule has 3 atom stereocenters. The number of halogens is 3. The van der Waals surface area contributed by atoms with Crippen molar-refractivity contribution < 1.29 is 43.2 Å². The fourth-order valence-electron chi connectivity index (χ4n) is 12.4. The van der Waals surface area contributed by atoms with E-state index in [4.69, 9.17) is 73.4 Å². The first-order chi connectivity index (χ1) is 46.0. The van der Waals surface area contributed by atoms with Crippen LogP contribution in [-0.4, -0.2) is 83.1 Å². The van der Waals surface area contributed by atoms with Crippen LogP contribution in [0.4, 0.5) is 0 Å². The van der Waals surface area contributed by atoms with Crippen molar-refractivity contribution in [1.82, 2.24) is 29.1 Å². The van der Waals surface area contributed by atoms with Crippen LogP contribution in [0, 0.1) is 62.3 Å². The first-order valence-electron chi connectivity index (χ1n) is 32.2. The summed E-state index contributed by atoms with van der Waals surface area (Å²) < 4.78 is 33.4. The topological polar surface area (TPSA) is 182 Å². The van der Waals surface area contributed by atoms with Gasteiger partial charge in [-0.1, -0.05) is 71.2 Å². The Labute approximate surface area is 637 Å². The second kappa shape index (κ2) is 33.8. The maximum Gasteiger partial charge on any atom is 0.339 e. The van der Waals surface area contributed by atoms with E-state index in [9.17, 15) is 19.5 Å². The van der Waals surface area contributed by atoms with E-state index in [0.717, 1.165) is 118 Å². The number of aromatic nitrogens is 6. The minimum atomic E-state index is -1.16. The number of aryl methyl sites for hydroxylation is 7. The molecule has 0 saturated heterocycles. The van der Waals surface area contributed by atoms with Gasteiger partial charge in [0, 0.05) is 98.8 Å². The molecule has 0 aliphatic rings. The van der Waals surface area contributed by atoms with Crippen molar-refractivity contribution in [3.8, 4) is 33.4 Å². The van der Waals surface area contributed by atoms with E-state index in [1.165, 1.54) is 25.3 Å². The summed E-state index contributed by atoms with van der Waals surface area (Å²) in [6.07, 6.45) is -3.00. The van der Waals surface area contributed by atoms with Gasteiger partial charge in [-0.05, 0) is 239 Å². The van der Waals surface area contributed by atoms with E-state index in [1.807, 2.05) is 170 Å². The molecule has 0 aliphatic heterocycles. The number of thiophene rings is 2. The van der Waals surface area contributed by atoms with Gasteiger partial charge in [0.15, 0.2) is 18.3 Å². The molecule has 0 radical (unpaired) electrons. The fourth-order valence-corrected chi connectivity index (χ4v) is 14.1. The number of methoxy groups -OCH3 is 2. The van der Waals surface area contributed by atoms with Gasteiger partial charge in [0.25, 0.3) is 0 Å². The zero-order valence-corrected chi connectivity index (χ0v) is 67.8. The first-order valence-corrected chi connectivity index (χ1v) is 35.3. The third-order valence-electron chi connectivity index (χ3n) is 17.1. The van der Waals surface area contributed by atoms with Crippen molar-refractivity contribution in [3.63, 3.8) is 0 Å². The molecule has 0 amide bonds. The minimum Gasteiger partial charge on any atom is -0.479 e. The maximum atomic E-state index is 13.1. The number of pyridine rings is 3. The third-order valence-corrected chi connectivity index (χ3v) is 19.4. The molecule has 8 aromatic heterocycles. The number of carboxylic acids is 1. The standard InChI is InChI=1S/C28H31ClN2O3S.C27H29ClN2O3S.C23H27ClN2O3.3H2S/c1-16-18(3)31(14-19-12-13-35-15-19)26-22(16)24(20-8-10-21(29)11-9-20)23(17(2)30-26)25(27(32)33-7)34-28(4,5)6;1-15-17(3)30(13-18-11-12-34-14-18)25-21(15)23(19-7-9-20(28)10-8-19)22(16(2)29-25)24(26(31)32)33-27(4,5)6;1-12-13(2)25-21-17(12)19(15-8-10-16(24)11-9-15)18(14(3)26-21)20(22(27)28-7)29-23(4,5)6;;;/h8-13,15,25H,14H2,1-7H3;7-12,14,24H,13H2,1-6H3,(H,31,32);8-11,20H,1-7H3,(H,25,26);3*1H2/t25-;24-;20-;;;/m000.../s1. The molecule has 3 aromatic carbocycles. The Balaban J connectivity index is 0.000000236. The molecule has 0 spiro atoms. The van der Waals surface area contributed by atoms with Crippen LogP contribution >= 0.6 is 98.0 Å². The summed E-state index contributed by atoms with van der Waals surface area (Å²) in [5.74, 6) is -1.95. The van der Waals surface area contributed by atoms with Crippen molar-refractivity contribution in [3.05, 3.63) is 200 Å². The van der Waals surface area contributed by atoms with Gasteiger partial charge in [-0.25, -0.2) is 29.3 Å². The van der Waals surface area contributed by atoms with Crippen LogP contribution < -0.4 is 0 Å². The van der Waals surface area contributed by atoms with Crippen LogP contribution in [0.1, 0.15) is 159 Å². The highest BCUT2D eigenvalue weighted by molar-refractivity contribution is 7.59. The van der Waals surface area contributed by atoms with Gasteiger partial charge in [0.1, 0.15) is 16.9 Å². The Morgan fingerprint density at radius 2 is 0.792 bits per heavy atom. The lowest BCUT2D eigenvalue weighted by molar-refractivity contribution is -0.164. The zero-order chi connectivity index (χ0) is 71.8. The van der Waals surface area contributed by atoms with Crippen LogP contribution in [0.5, 0.6) is 0 Å². The SMILES string of the molecule is COC(=O)[C@@H](OC(C)(C)C)c1c(C)nc2[nH]c(C)c(C)c2c1-c1ccc(Cl)cc1.COC(=O)[C@@H](OC(C)(C)C)c1c(C)nc2c(c(C)c(C)n2Cc2ccsc2)c1-c1ccc(Cl)cc1.Cc1nc2c(c(C)c(C)n2Cc2ccsc2)c(-c2ccc(Cl)cc2)c1[C@H](OC(C)(C)C)C(=O)O.S.S.S. The van der Waals surface area contributed by atoms with E-state index in [-0.39, 0.29) is 40.5 Å². The summed E-state index contributed by atoms with van der Waals surface area (Å²) in [7, 11) is 2.76. The molecule has 540 valence electrons. The van der Waals surface area contributed by atoms with E-state index in [0.29, 0.717) is 44.1 Å². The number of H-pyrrole nitrogens is 1. The summed E-state index contributed by atoms with van der Waals surface area (Å²) in [6, 6.07) is 27.1. The smallest absolute Gasteiger partial charge is 0.339 e. The molecule has 11 aromatic rings. The molecule has 101 heavy (non-hydrogen) atoms. The number of nitrogens with zero attached hydrogens (tertiary/aromatic N) is 5. The van der Waals surface area contributed by atoms with Crippen LogP contribution in [0.3, 0.4) is 0 Å². The number of fused-ring (bicyclic) bond motifs is 3. The average molecular weight is 1530 g/mol. The van der Waals surface area contributed by atoms with Crippen molar-refractivity contribution >= 4 is 149 Å². The molecule has 0 fully saturated rings. The van der Waals surface area contributed by atoms with Crippen molar-refractivity contribution in [2.45, 2.75) is 173 Å². The molecule has 0 bridgehead atoms. The average Bonchev–Trinajstić information content (AvgIpc) is 1.64. The largest absolute Gasteiger partial charge is 0.479 e. The van der Waals surface area contributed by atoms with Gasteiger partial charge < -0.3 is 42.9 Å². The number of hydrogen-bond acceptors (Lipinski definition) is 13. The lowest BCUT2D eigenvalue weighted by Gasteiger charge is -2.29. The van der Waals surface area contributed by atoms with Crippen molar-refractivity contribution in [2.75, 3.05) is 14.2 Å². The number of aromatic amines is 1. The van der Waals surface area contributed by atoms with Gasteiger partial charge >= 0.3 is 17.9 Å². The Morgan fingerprint density at radius 3 is 1.10 bits per heavy atom. The molecule has 15 nitrogen and oxygen atoms in total. The molecular formula is C78H93Cl3N6O9S5. The van der Waals surface area contributed by atoms with Crippen LogP contribution in [0.15, 0.2) is 106 Å². The lowest BCUT2D eigenvalue weighted by Crippen LogP contribution is -2.29. The number of esters is 2. The predicted octanol–water partition coefficient (Wildman–Crippen LogP) is 20.9. The second-order valence-corrected chi connectivity index (χ2v) is 30.4. The van der Waals surface area contributed by atoms with Gasteiger partial charge in [-0.15, -0.1) is 0 Å². The summed E-state index contributed by atoms with van der Waals surface area (Å²) in [6.45, 7) is 36.7. The molecule has 23 heteroatoms. The third kappa shape index (κ3) is 18.7. The molecular weight excluding hydrogens is 1430 g/mol. The Morgan fingerprint density at radius 1 is 0.475 bits per heavy atom. The maximum absolute atomic E-state index is 13.1. The molecule has 0 aliphatic carbocycles. The number of ether oxygens (including phenoxy) is 5. The molecule has 11 rings (SSSR count). The lowest BCUT2D eigenvalue weighted by atomic mass is 9.91. The number of benzene rings is 3. The monoisotopic (exact) mass is 1520 g/mol. The highest BCUT2D eigenvalue weighted by atomic mass is 35.5. The van der Waals surface area contributed by atoms with E-state index in [1.54, 1.807) is 22.7 Å². The molecule has 0 saturated carbocycles. The number of aliphatic carboxylic acids is 1. The van der Waals surface area contributed by atoms with Crippen molar-refractivity contribution in [1.29, 1.82) is 0 Å². The Kier molecular flexibility index (Phi) is 27.9. The highest BCUT2D eigenvalue weighted by Gasteiger charge is 2.38. The highest BCUT2D eigenvalue weighted by Crippen LogP contribution is 2.46. The van der Waals surface area contributed by atoms with Gasteiger partial charge in [0.2, 0.25) is 0 Å². The summed E-state index contributed by atoms with van der Waals surface area (Å²) >= 11 is 21.9. The second-order valence-electron chi connectivity index (χ2n) is 27.5. The Bertz CT molecular complexity index is 4740. The van der Waals surface area contributed by atoms with E-state index < -0.39 is 53.0 Å². The Hall–Kier alpha value is -6.66. The van der Waals surface area contributed by atoms with Gasteiger partial charge in [0.05, 0.1) is 44.1 Å². The van der Waals surface area contributed by atoms with E-state index >= 15 is 0 Å². The number of nitrogens with one attached hydrogen (secondary N) is 1. The number of carbonyl (C=O) groups excluding carboxylic acids is 2. The number of carboxylic acid groups (broad SMARTS) is 1.